The SMILES string of the molecule is Cn1cnc(-c2cccc(NC(=O)c3cccc(F)c3F)c2)n1. The standard InChI is InChI=1S/C16H12F2N4O/c1-22-9-19-15(21-22)10-4-2-5-11(8-10)20-16(23)12-6-3-7-13(17)14(12)18/h2-9H,1H3,(H,20,23). The molecule has 0 unspecified atom stereocenters. The molecule has 7 heteroatoms. The van der Waals surface area contributed by atoms with Crippen molar-refractivity contribution in [2.24, 2.45) is 7.05 Å². The van der Waals surface area contributed by atoms with Crippen molar-refractivity contribution in [2.45, 2.75) is 0 Å². The summed E-state index contributed by atoms with van der Waals surface area (Å²) in [6.07, 6.45) is 1.56. The quantitative estimate of drug-likeness (QED) is 0.808. The van der Waals surface area contributed by atoms with Gasteiger partial charge in [0.15, 0.2) is 17.5 Å². The molecule has 0 aliphatic carbocycles. The average molecular weight is 314 g/mol. The van der Waals surface area contributed by atoms with Crippen LogP contribution in [0.15, 0.2) is 48.8 Å². The van der Waals surface area contributed by atoms with Crippen molar-refractivity contribution in [3.05, 3.63) is 66.0 Å². The van der Waals surface area contributed by atoms with Gasteiger partial charge >= 0.3 is 0 Å². The minimum absolute atomic E-state index is 0.355. The second-order valence-electron chi connectivity index (χ2n) is 4.88. The van der Waals surface area contributed by atoms with Crippen molar-refractivity contribution in [1.29, 1.82) is 0 Å². The number of aromatic nitrogens is 3. The van der Waals surface area contributed by atoms with Crippen molar-refractivity contribution in [3.8, 4) is 11.4 Å². The first-order valence-corrected chi connectivity index (χ1v) is 6.76. The van der Waals surface area contributed by atoms with Crippen LogP contribution in [0.1, 0.15) is 10.4 Å². The predicted octanol–water partition coefficient (Wildman–Crippen LogP) is 3.01. The second-order valence-corrected chi connectivity index (χ2v) is 4.88. The maximum Gasteiger partial charge on any atom is 0.258 e. The molecule has 0 saturated heterocycles. The number of carbonyl (C=O) groups is 1. The molecule has 0 bridgehead atoms. The molecule has 0 aliphatic heterocycles. The summed E-state index contributed by atoms with van der Waals surface area (Å²) >= 11 is 0. The van der Waals surface area contributed by atoms with E-state index in [9.17, 15) is 13.6 Å². The molecular weight excluding hydrogens is 302 g/mol. The molecule has 1 aromatic heterocycles. The van der Waals surface area contributed by atoms with E-state index in [2.05, 4.69) is 15.4 Å². The van der Waals surface area contributed by atoms with Crippen LogP contribution in [0.5, 0.6) is 0 Å². The molecule has 23 heavy (non-hydrogen) atoms. The van der Waals surface area contributed by atoms with Crippen LogP contribution >= 0.6 is 0 Å². The van der Waals surface area contributed by atoms with Gasteiger partial charge in [-0.2, -0.15) is 5.10 Å². The van der Waals surface area contributed by atoms with Crippen LogP contribution in [0.4, 0.5) is 14.5 Å². The van der Waals surface area contributed by atoms with Crippen LogP contribution in [0.3, 0.4) is 0 Å². The van der Waals surface area contributed by atoms with E-state index in [4.69, 9.17) is 0 Å². The molecule has 0 radical (unpaired) electrons. The molecule has 1 N–H and O–H groups in total. The van der Waals surface area contributed by atoms with Gasteiger partial charge in [-0.1, -0.05) is 18.2 Å². The van der Waals surface area contributed by atoms with Gasteiger partial charge in [0.25, 0.3) is 5.91 Å². The van der Waals surface area contributed by atoms with Gasteiger partial charge in [0.2, 0.25) is 0 Å². The molecule has 0 fully saturated rings. The van der Waals surface area contributed by atoms with Gasteiger partial charge in [-0.15, -0.1) is 0 Å². The van der Waals surface area contributed by atoms with E-state index >= 15 is 0 Å². The van der Waals surface area contributed by atoms with E-state index < -0.39 is 17.5 Å². The van der Waals surface area contributed by atoms with Crippen LogP contribution < -0.4 is 5.32 Å². The maximum absolute atomic E-state index is 13.6. The first-order valence-electron chi connectivity index (χ1n) is 6.76. The lowest BCUT2D eigenvalue weighted by molar-refractivity contribution is 0.102. The van der Waals surface area contributed by atoms with Crippen LogP contribution in [0, 0.1) is 11.6 Å². The number of hydrogen-bond acceptors (Lipinski definition) is 3. The van der Waals surface area contributed by atoms with Gasteiger partial charge in [0.05, 0.1) is 5.56 Å². The van der Waals surface area contributed by atoms with Crippen LogP contribution in [-0.4, -0.2) is 20.7 Å². The molecule has 5 nitrogen and oxygen atoms in total. The van der Waals surface area contributed by atoms with Crippen molar-refractivity contribution in [1.82, 2.24) is 14.8 Å². The highest BCUT2D eigenvalue weighted by atomic mass is 19.2. The number of anilines is 1. The first kappa shape index (κ1) is 14.8. The van der Waals surface area contributed by atoms with Gasteiger partial charge in [-0.25, -0.2) is 13.8 Å². The fourth-order valence-electron chi connectivity index (χ4n) is 2.09. The van der Waals surface area contributed by atoms with E-state index in [1.807, 2.05) is 0 Å². The topological polar surface area (TPSA) is 59.8 Å². The highest BCUT2D eigenvalue weighted by Crippen LogP contribution is 2.20. The number of hydrogen-bond donors (Lipinski definition) is 1. The minimum Gasteiger partial charge on any atom is -0.322 e. The largest absolute Gasteiger partial charge is 0.322 e. The van der Waals surface area contributed by atoms with Gasteiger partial charge < -0.3 is 5.32 Å². The fourth-order valence-corrected chi connectivity index (χ4v) is 2.09. The summed E-state index contributed by atoms with van der Waals surface area (Å²) < 4.78 is 28.4. The summed E-state index contributed by atoms with van der Waals surface area (Å²) in [5.74, 6) is -2.47. The molecule has 0 saturated carbocycles. The van der Waals surface area contributed by atoms with Crippen molar-refractivity contribution < 1.29 is 13.6 Å². The smallest absolute Gasteiger partial charge is 0.258 e. The Morgan fingerprint density at radius 3 is 2.70 bits per heavy atom. The van der Waals surface area contributed by atoms with Gasteiger partial charge in [0.1, 0.15) is 6.33 Å². The molecule has 3 rings (SSSR count). The maximum atomic E-state index is 13.6. The Hall–Kier alpha value is -3.09. The average Bonchev–Trinajstić information content (AvgIpc) is 2.97. The summed E-state index contributed by atoms with van der Waals surface area (Å²) in [5, 5.41) is 6.70. The van der Waals surface area contributed by atoms with Crippen molar-refractivity contribution >= 4 is 11.6 Å². The third-order valence-corrected chi connectivity index (χ3v) is 3.17. The molecule has 1 amide bonds. The summed E-state index contributed by atoms with van der Waals surface area (Å²) in [6.45, 7) is 0. The second kappa shape index (κ2) is 5.96. The summed E-state index contributed by atoms with van der Waals surface area (Å²) in [5.41, 5.74) is 0.776. The molecular formula is C16H12F2N4O. The number of amides is 1. The lowest BCUT2D eigenvalue weighted by Crippen LogP contribution is -2.14. The minimum atomic E-state index is -1.17. The van der Waals surface area contributed by atoms with Crippen LogP contribution in [0.25, 0.3) is 11.4 Å². The van der Waals surface area contributed by atoms with Crippen molar-refractivity contribution in [3.63, 3.8) is 0 Å². The summed E-state index contributed by atoms with van der Waals surface area (Å²) in [7, 11) is 1.74. The van der Waals surface area contributed by atoms with E-state index in [0.717, 1.165) is 6.07 Å². The highest BCUT2D eigenvalue weighted by Gasteiger charge is 2.15. The number of halogens is 2. The number of nitrogens with one attached hydrogen (secondary N) is 1. The number of rotatable bonds is 3. The Morgan fingerprint density at radius 1 is 1.17 bits per heavy atom. The third-order valence-electron chi connectivity index (χ3n) is 3.17. The number of nitrogens with zero attached hydrogens (tertiary/aromatic N) is 3. The van der Waals surface area contributed by atoms with E-state index in [1.165, 1.54) is 12.1 Å². The van der Waals surface area contributed by atoms with Gasteiger partial charge in [-0.05, 0) is 24.3 Å². The number of carbonyl (C=O) groups excluding carboxylic acids is 1. The molecule has 0 atom stereocenters. The molecule has 116 valence electrons. The Morgan fingerprint density at radius 2 is 1.96 bits per heavy atom. The molecule has 0 spiro atoms. The predicted molar refractivity (Wildman–Crippen MR) is 80.8 cm³/mol. The monoisotopic (exact) mass is 314 g/mol. The number of aryl methyl sites for hydroxylation is 1. The Labute approximate surface area is 130 Å². The zero-order valence-corrected chi connectivity index (χ0v) is 12.1. The normalized spacial score (nSPS) is 10.6. The van der Waals surface area contributed by atoms with E-state index in [-0.39, 0.29) is 5.56 Å². The molecule has 0 aliphatic rings. The molecule has 1 heterocycles. The van der Waals surface area contributed by atoms with Crippen molar-refractivity contribution in [2.75, 3.05) is 5.32 Å². The van der Waals surface area contributed by atoms with Gasteiger partial charge in [0, 0.05) is 18.3 Å². The molecule has 3 aromatic rings. The zero-order valence-electron chi connectivity index (χ0n) is 12.1. The zero-order chi connectivity index (χ0) is 16.4. The van der Waals surface area contributed by atoms with E-state index in [0.29, 0.717) is 17.1 Å². The van der Waals surface area contributed by atoms with Crippen LogP contribution in [0.2, 0.25) is 0 Å². The summed E-state index contributed by atoms with van der Waals surface area (Å²) in [4.78, 5) is 16.2. The Balaban J connectivity index is 1.86. The Kier molecular flexibility index (Phi) is 3.84. The molecule has 2 aromatic carbocycles. The van der Waals surface area contributed by atoms with Crippen LogP contribution in [-0.2, 0) is 7.05 Å². The third kappa shape index (κ3) is 3.08. The first-order chi connectivity index (χ1) is 11.0. The lowest BCUT2D eigenvalue weighted by atomic mass is 10.1. The fraction of sp³-hybridized carbons (Fsp3) is 0.0625. The number of benzene rings is 2. The summed E-state index contributed by atoms with van der Waals surface area (Å²) in [6, 6.07) is 10.3. The highest BCUT2D eigenvalue weighted by molar-refractivity contribution is 6.04. The van der Waals surface area contributed by atoms with Gasteiger partial charge in [-0.3, -0.25) is 9.48 Å². The lowest BCUT2D eigenvalue weighted by Gasteiger charge is -2.07. The van der Waals surface area contributed by atoms with E-state index in [1.54, 1.807) is 42.3 Å². The Bertz CT molecular complexity index is 876.